The summed E-state index contributed by atoms with van der Waals surface area (Å²) in [7, 11) is 0. The summed E-state index contributed by atoms with van der Waals surface area (Å²) in [4.78, 5) is 12.3. The molecule has 1 fully saturated rings. The minimum absolute atomic E-state index is 0.130. The van der Waals surface area contributed by atoms with Crippen LogP contribution in [-0.2, 0) is 19.0 Å². The number of hydrogen-bond acceptors (Lipinski definition) is 5. The summed E-state index contributed by atoms with van der Waals surface area (Å²) in [6.45, 7) is 8.43. The van der Waals surface area contributed by atoms with Crippen LogP contribution in [0, 0.1) is 6.92 Å². The standard InChI is InChI=1S/C19H29NO5/c1-4-22-10-11-23-15(3)19(21)20-17-8-7-14(2)12-18(17)25-13-16-6-5-9-24-16/h7-8,12,15-16H,4-6,9-11,13H2,1-3H3,(H,20,21). The second-order valence-corrected chi connectivity index (χ2v) is 6.14. The lowest BCUT2D eigenvalue weighted by molar-refractivity contribution is -0.127. The van der Waals surface area contributed by atoms with Crippen molar-refractivity contribution in [3.05, 3.63) is 23.8 Å². The maximum absolute atomic E-state index is 12.3. The zero-order valence-electron chi connectivity index (χ0n) is 15.4. The van der Waals surface area contributed by atoms with Crippen LogP contribution < -0.4 is 10.1 Å². The summed E-state index contributed by atoms with van der Waals surface area (Å²) in [6, 6.07) is 5.71. The molecular weight excluding hydrogens is 322 g/mol. The quantitative estimate of drug-likeness (QED) is 0.657. The van der Waals surface area contributed by atoms with Crippen molar-refractivity contribution < 1.29 is 23.7 Å². The van der Waals surface area contributed by atoms with Gasteiger partial charge in [-0.3, -0.25) is 4.79 Å². The van der Waals surface area contributed by atoms with Gasteiger partial charge < -0.3 is 24.3 Å². The highest BCUT2D eigenvalue weighted by molar-refractivity contribution is 5.95. The molecule has 0 saturated carbocycles. The number of nitrogens with one attached hydrogen (secondary N) is 1. The molecule has 1 saturated heterocycles. The Morgan fingerprint density at radius 3 is 2.96 bits per heavy atom. The molecule has 1 heterocycles. The molecule has 0 aliphatic carbocycles. The van der Waals surface area contributed by atoms with E-state index in [9.17, 15) is 4.79 Å². The number of benzene rings is 1. The van der Waals surface area contributed by atoms with E-state index >= 15 is 0 Å². The fourth-order valence-electron chi connectivity index (χ4n) is 2.55. The van der Waals surface area contributed by atoms with Crippen molar-refractivity contribution >= 4 is 11.6 Å². The number of aryl methyl sites for hydroxylation is 1. The molecule has 1 aromatic rings. The highest BCUT2D eigenvalue weighted by atomic mass is 16.5. The number of hydrogen-bond donors (Lipinski definition) is 1. The van der Waals surface area contributed by atoms with E-state index in [0.29, 0.717) is 37.9 Å². The van der Waals surface area contributed by atoms with E-state index in [1.54, 1.807) is 6.92 Å². The molecule has 1 aromatic carbocycles. The fraction of sp³-hybridized carbons (Fsp3) is 0.632. The average Bonchev–Trinajstić information content (AvgIpc) is 3.12. The number of carbonyl (C=O) groups is 1. The number of rotatable bonds is 10. The lowest BCUT2D eigenvalue weighted by Crippen LogP contribution is -2.29. The highest BCUT2D eigenvalue weighted by Crippen LogP contribution is 2.27. The molecule has 1 amide bonds. The van der Waals surface area contributed by atoms with E-state index < -0.39 is 6.10 Å². The van der Waals surface area contributed by atoms with Gasteiger partial charge in [-0.25, -0.2) is 0 Å². The van der Waals surface area contributed by atoms with Gasteiger partial charge in [0.25, 0.3) is 5.91 Å². The Bertz CT molecular complexity index is 543. The first-order valence-corrected chi connectivity index (χ1v) is 8.95. The molecule has 25 heavy (non-hydrogen) atoms. The Labute approximate surface area is 149 Å². The molecule has 2 rings (SSSR count). The van der Waals surface area contributed by atoms with Crippen LogP contribution in [-0.4, -0.2) is 51.1 Å². The maximum Gasteiger partial charge on any atom is 0.253 e. The second kappa shape index (κ2) is 10.4. The van der Waals surface area contributed by atoms with Crippen molar-refractivity contribution in [1.29, 1.82) is 0 Å². The molecule has 2 unspecified atom stereocenters. The molecule has 0 bridgehead atoms. The third-order valence-corrected chi connectivity index (χ3v) is 4.01. The van der Waals surface area contributed by atoms with Crippen molar-refractivity contribution in [2.24, 2.45) is 0 Å². The Morgan fingerprint density at radius 2 is 2.24 bits per heavy atom. The Balaban J connectivity index is 1.89. The van der Waals surface area contributed by atoms with Gasteiger partial charge in [0.15, 0.2) is 0 Å². The zero-order valence-corrected chi connectivity index (χ0v) is 15.4. The van der Waals surface area contributed by atoms with E-state index in [1.165, 1.54) is 0 Å². The van der Waals surface area contributed by atoms with Crippen molar-refractivity contribution in [1.82, 2.24) is 0 Å². The van der Waals surface area contributed by atoms with Crippen LogP contribution in [0.15, 0.2) is 18.2 Å². The molecule has 0 spiro atoms. The molecule has 140 valence electrons. The topological polar surface area (TPSA) is 66.0 Å². The van der Waals surface area contributed by atoms with Gasteiger partial charge in [-0.2, -0.15) is 0 Å². The highest BCUT2D eigenvalue weighted by Gasteiger charge is 2.19. The minimum Gasteiger partial charge on any atom is -0.489 e. The summed E-state index contributed by atoms with van der Waals surface area (Å²) >= 11 is 0. The van der Waals surface area contributed by atoms with Crippen molar-refractivity contribution in [3.63, 3.8) is 0 Å². The summed E-state index contributed by atoms with van der Waals surface area (Å²) in [5.41, 5.74) is 1.72. The van der Waals surface area contributed by atoms with E-state index in [2.05, 4.69) is 5.32 Å². The first kappa shape index (κ1) is 19.7. The Morgan fingerprint density at radius 1 is 1.40 bits per heavy atom. The van der Waals surface area contributed by atoms with Crippen molar-refractivity contribution in [2.75, 3.05) is 38.4 Å². The number of carbonyl (C=O) groups excluding carboxylic acids is 1. The first-order chi connectivity index (χ1) is 12.1. The summed E-state index contributed by atoms with van der Waals surface area (Å²) in [6.07, 6.45) is 1.65. The number of anilines is 1. The number of ether oxygens (including phenoxy) is 4. The van der Waals surface area contributed by atoms with E-state index in [4.69, 9.17) is 18.9 Å². The summed E-state index contributed by atoms with van der Waals surface area (Å²) < 4.78 is 22.2. The van der Waals surface area contributed by atoms with Crippen LogP contribution in [0.3, 0.4) is 0 Å². The van der Waals surface area contributed by atoms with E-state index in [-0.39, 0.29) is 12.0 Å². The normalized spacial score (nSPS) is 18.1. The van der Waals surface area contributed by atoms with E-state index in [1.807, 2.05) is 32.0 Å². The van der Waals surface area contributed by atoms with Crippen molar-refractivity contribution in [2.45, 2.75) is 45.8 Å². The van der Waals surface area contributed by atoms with Gasteiger partial charge in [0.2, 0.25) is 0 Å². The maximum atomic E-state index is 12.3. The molecule has 0 aromatic heterocycles. The molecule has 2 atom stereocenters. The van der Waals surface area contributed by atoms with Crippen LogP contribution in [0.5, 0.6) is 5.75 Å². The molecule has 1 N–H and O–H groups in total. The average molecular weight is 351 g/mol. The molecule has 6 heteroatoms. The second-order valence-electron chi connectivity index (χ2n) is 6.14. The van der Waals surface area contributed by atoms with Gasteiger partial charge in [0.1, 0.15) is 18.5 Å². The predicted octanol–water partition coefficient (Wildman–Crippen LogP) is 2.93. The fourth-order valence-corrected chi connectivity index (χ4v) is 2.55. The third-order valence-electron chi connectivity index (χ3n) is 4.01. The summed E-state index contributed by atoms with van der Waals surface area (Å²) in [5, 5.41) is 2.88. The minimum atomic E-state index is -0.562. The van der Waals surface area contributed by atoms with Gasteiger partial charge >= 0.3 is 0 Å². The molecule has 1 aliphatic rings. The van der Waals surface area contributed by atoms with Gasteiger partial charge in [-0.15, -0.1) is 0 Å². The van der Waals surface area contributed by atoms with Crippen LogP contribution >= 0.6 is 0 Å². The van der Waals surface area contributed by atoms with Crippen LogP contribution in [0.2, 0.25) is 0 Å². The Kier molecular flexibility index (Phi) is 8.18. The Hall–Kier alpha value is -1.63. The predicted molar refractivity (Wildman–Crippen MR) is 96.2 cm³/mol. The lowest BCUT2D eigenvalue weighted by atomic mass is 10.2. The van der Waals surface area contributed by atoms with Gasteiger partial charge in [0.05, 0.1) is 25.0 Å². The van der Waals surface area contributed by atoms with Crippen LogP contribution in [0.25, 0.3) is 0 Å². The molecule has 1 aliphatic heterocycles. The smallest absolute Gasteiger partial charge is 0.253 e. The lowest BCUT2D eigenvalue weighted by Gasteiger charge is -2.18. The molecule has 0 radical (unpaired) electrons. The molecular formula is C19H29NO5. The van der Waals surface area contributed by atoms with Gasteiger partial charge in [-0.1, -0.05) is 6.07 Å². The van der Waals surface area contributed by atoms with Gasteiger partial charge in [0, 0.05) is 13.2 Å². The zero-order chi connectivity index (χ0) is 18.1. The molecule has 6 nitrogen and oxygen atoms in total. The van der Waals surface area contributed by atoms with E-state index in [0.717, 1.165) is 25.0 Å². The first-order valence-electron chi connectivity index (χ1n) is 8.95. The van der Waals surface area contributed by atoms with Crippen molar-refractivity contribution in [3.8, 4) is 5.75 Å². The van der Waals surface area contributed by atoms with Gasteiger partial charge in [-0.05, 0) is 51.3 Å². The van der Waals surface area contributed by atoms with Crippen LogP contribution in [0.1, 0.15) is 32.3 Å². The largest absolute Gasteiger partial charge is 0.489 e. The third kappa shape index (κ3) is 6.65. The number of amides is 1. The van der Waals surface area contributed by atoms with Crippen LogP contribution in [0.4, 0.5) is 5.69 Å². The SMILES string of the molecule is CCOCCOC(C)C(=O)Nc1ccc(C)cc1OCC1CCCO1. The summed E-state index contributed by atoms with van der Waals surface area (Å²) in [5.74, 6) is 0.452. The monoisotopic (exact) mass is 351 g/mol.